The molecule has 1 aliphatic heterocycles. The molecule has 1 aromatic rings. The Labute approximate surface area is 109 Å². The predicted molar refractivity (Wildman–Crippen MR) is 67.6 cm³/mol. The second kappa shape index (κ2) is 5.65. The van der Waals surface area contributed by atoms with Crippen LogP contribution in [0.3, 0.4) is 0 Å². The third kappa shape index (κ3) is 2.87. The molecule has 2 atom stereocenters. The van der Waals surface area contributed by atoms with Crippen LogP contribution in [0, 0.1) is 5.92 Å². The lowest BCUT2D eigenvalue weighted by Crippen LogP contribution is -2.29. The van der Waals surface area contributed by atoms with E-state index in [9.17, 15) is 4.79 Å². The van der Waals surface area contributed by atoms with E-state index in [0.29, 0.717) is 6.61 Å². The molecule has 0 aliphatic carbocycles. The van der Waals surface area contributed by atoms with Crippen LogP contribution in [0.4, 0.5) is 0 Å². The molecule has 0 spiro atoms. The van der Waals surface area contributed by atoms with Crippen LogP contribution in [0.2, 0.25) is 0 Å². The molecule has 0 saturated carbocycles. The molecule has 0 N–H and O–H groups in total. The van der Waals surface area contributed by atoms with Gasteiger partial charge in [-0.3, -0.25) is 4.79 Å². The molecule has 0 radical (unpaired) electrons. The summed E-state index contributed by atoms with van der Waals surface area (Å²) in [7, 11) is 1.43. The van der Waals surface area contributed by atoms with E-state index in [0.717, 1.165) is 22.9 Å². The third-order valence-corrected chi connectivity index (χ3v) is 3.55. The lowest BCUT2D eigenvalue weighted by atomic mass is 9.89. The Hall–Kier alpha value is -0.870. The zero-order valence-electron chi connectivity index (χ0n) is 9.69. The molecule has 0 bridgehead atoms. The van der Waals surface area contributed by atoms with Crippen molar-refractivity contribution in [2.75, 3.05) is 13.7 Å². The number of hydrogen-bond donors (Lipinski definition) is 0. The Balaban J connectivity index is 2.21. The summed E-state index contributed by atoms with van der Waals surface area (Å²) in [4.78, 5) is 11.7. The highest BCUT2D eigenvalue weighted by molar-refractivity contribution is 9.10. The first-order valence-electron chi connectivity index (χ1n) is 5.67. The topological polar surface area (TPSA) is 35.5 Å². The van der Waals surface area contributed by atoms with E-state index in [1.807, 2.05) is 24.3 Å². The molecule has 1 fully saturated rings. The maximum absolute atomic E-state index is 11.7. The van der Waals surface area contributed by atoms with Gasteiger partial charge in [-0.15, -0.1) is 0 Å². The van der Waals surface area contributed by atoms with Crippen molar-refractivity contribution in [3.05, 3.63) is 34.3 Å². The molecule has 1 saturated heterocycles. The molecule has 1 aromatic carbocycles. The Morgan fingerprint density at radius 1 is 1.41 bits per heavy atom. The normalized spacial score (nSPS) is 24.4. The Kier molecular flexibility index (Phi) is 4.18. The minimum atomic E-state index is -0.185. The largest absolute Gasteiger partial charge is 0.469 e. The molecule has 0 aromatic heterocycles. The molecule has 4 heteroatoms. The Morgan fingerprint density at radius 2 is 2.12 bits per heavy atom. The van der Waals surface area contributed by atoms with Crippen LogP contribution in [0.15, 0.2) is 28.7 Å². The maximum Gasteiger partial charge on any atom is 0.311 e. The van der Waals surface area contributed by atoms with Crippen LogP contribution in [-0.2, 0) is 14.3 Å². The fourth-order valence-electron chi connectivity index (χ4n) is 2.15. The van der Waals surface area contributed by atoms with Gasteiger partial charge in [0.2, 0.25) is 0 Å². The molecule has 2 rings (SSSR count). The van der Waals surface area contributed by atoms with Crippen molar-refractivity contribution in [1.82, 2.24) is 0 Å². The SMILES string of the molecule is COC(=O)[C@@H]1CCCO[C@H]1c1ccc(Br)cc1. The summed E-state index contributed by atoms with van der Waals surface area (Å²) in [5, 5.41) is 0. The van der Waals surface area contributed by atoms with Gasteiger partial charge >= 0.3 is 5.97 Å². The standard InChI is InChI=1S/C13H15BrO3/c1-16-13(15)11-3-2-8-17-12(11)9-4-6-10(14)7-5-9/h4-7,11-12H,2-3,8H2,1H3/t11-,12+/m1/s1. The number of benzene rings is 1. The maximum atomic E-state index is 11.7. The Bertz CT molecular complexity index is 388. The molecule has 17 heavy (non-hydrogen) atoms. The predicted octanol–water partition coefficient (Wildman–Crippen LogP) is 3.09. The highest BCUT2D eigenvalue weighted by atomic mass is 79.9. The van der Waals surface area contributed by atoms with Crippen molar-refractivity contribution in [2.24, 2.45) is 5.92 Å². The van der Waals surface area contributed by atoms with Gasteiger partial charge in [0.25, 0.3) is 0 Å². The lowest BCUT2D eigenvalue weighted by molar-refractivity contribution is -0.155. The highest BCUT2D eigenvalue weighted by Crippen LogP contribution is 2.34. The van der Waals surface area contributed by atoms with Gasteiger partial charge in [0.1, 0.15) is 0 Å². The van der Waals surface area contributed by atoms with E-state index < -0.39 is 0 Å². The molecular formula is C13H15BrO3. The van der Waals surface area contributed by atoms with Gasteiger partial charge in [-0.2, -0.15) is 0 Å². The van der Waals surface area contributed by atoms with Crippen molar-refractivity contribution in [2.45, 2.75) is 18.9 Å². The Morgan fingerprint density at radius 3 is 2.76 bits per heavy atom. The molecular weight excluding hydrogens is 284 g/mol. The number of carbonyl (C=O) groups is 1. The van der Waals surface area contributed by atoms with Crippen LogP contribution < -0.4 is 0 Å². The van der Waals surface area contributed by atoms with Gasteiger partial charge in [-0.05, 0) is 30.5 Å². The number of rotatable bonds is 2. The zero-order valence-corrected chi connectivity index (χ0v) is 11.3. The highest BCUT2D eigenvalue weighted by Gasteiger charge is 2.33. The first-order valence-corrected chi connectivity index (χ1v) is 6.46. The van der Waals surface area contributed by atoms with Gasteiger partial charge in [0, 0.05) is 11.1 Å². The lowest BCUT2D eigenvalue weighted by Gasteiger charge is -2.30. The number of esters is 1. The first-order chi connectivity index (χ1) is 8.22. The molecule has 92 valence electrons. The van der Waals surface area contributed by atoms with Crippen molar-refractivity contribution in [3.8, 4) is 0 Å². The number of ether oxygens (including phenoxy) is 2. The van der Waals surface area contributed by atoms with Gasteiger partial charge in [-0.25, -0.2) is 0 Å². The van der Waals surface area contributed by atoms with Crippen LogP contribution in [-0.4, -0.2) is 19.7 Å². The van der Waals surface area contributed by atoms with E-state index >= 15 is 0 Å². The van der Waals surface area contributed by atoms with E-state index in [2.05, 4.69) is 15.9 Å². The van der Waals surface area contributed by atoms with Crippen molar-refractivity contribution >= 4 is 21.9 Å². The van der Waals surface area contributed by atoms with Gasteiger partial charge in [-0.1, -0.05) is 28.1 Å². The summed E-state index contributed by atoms with van der Waals surface area (Å²) in [6, 6.07) is 7.88. The summed E-state index contributed by atoms with van der Waals surface area (Å²) < 4.78 is 11.6. The van der Waals surface area contributed by atoms with E-state index in [-0.39, 0.29) is 18.0 Å². The summed E-state index contributed by atoms with van der Waals surface area (Å²) >= 11 is 3.39. The van der Waals surface area contributed by atoms with Crippen molar-refractivity contribution in [3.63, 3.8) is 0 Å². The fraction of sp³-hybridized carbons (Fsp3) is 0.462. The van der Waals surface area contributed by atoms with E-state index in [1.165, 1.54) is 7.11 Å². The fourth-order valence-corrected chi connectivity index (χ4v) is 2.42. The molecule has 3 nitrogen and oxygen atoms in total. The van der Waals surface area contributed by atoms with Gasteiger partial charge < -0.3 is 9.47 Å². The minimum absolute atomic E-state index is 0.177. The molecule has 0 unspecified atom stereocenters. The number of halogens is 1. The average molecular weight is 299 g/mol. The second-order valence-electron chi connectivity index (χ2n) is 4.11. The minimum Gasteiger partial charge on any atom is -0.469 e. The summed E-state index contributed by atoms with van der Waals surface area (Å²) in [6.45, 7) is 0.703. The first kappa shape index (κ1) is 12.6. The molecule has 1 aliphatic rings. The third-order valence-electron chi connectivity index (χ3n) is 3.02. The summed E-state index contributed by atoms with van der Waals surface area (Å²) in [6.07, 6.45) is 1.56. The van der Waals surface area contributed by atoms with Crippen LogP contribution in [0.5, 0.6) is 0 Å². The van der Waals surface area contributed by atoms with Crippen LogP contribution in [0.1, 0.15) is 24.5 Å². The van der Waals surface area contributed by atoms with Gasteiger partial charge in [0.05, 0.1) is 19.1 Å². The quantitative estimate of drug-likeness (QED) is 0.787. The molecule has 0 amide bonds. The van der Waals surface area contributed by atoms with Gasteiger partial charge in [0.15, 0.2) is 0 Å². The number of methoxy groups -OCH3 is 1. The van der Waals surface area contributed by atoms with E-state index in [4.69, 9.17) is 9.47 Å². The van der Waals surface area contributed by atoms with Crippen LogP contribution >= 0.6 is 15.9 Å². The average Bonchev–Trinajstić information content (AvgIpc) is 2.39. The second-order valence-corrected chi connectivity index (χ2v) is 5.03. The van der Waals surface area contributed by atoms with Crippen molar-refractivity contribution in [1.29, 1.82) is 0 Å². The van der Waals surface area contributed by atoms with Crippen LogP contribution in [0.25, 0.3) is 0 Å². The molecule has 1 heterocycles. The number of carbonyl (C=O) groups excluding carboxylic acids is 1. The van der Waals surface area contributed by atoms with Crippen molar-refractivity contribution < 1.29 is 14.3 Å². The number of hydrogen-bond acceptors (Lipinski definition) is 3. The monoisotopic (exact) mass is 298 g/mol. The summed E-state index contributed by atoms with van der Waals surface area (Å²) in [5.41, 5.74) is 1.03. The smallest absolute Gasteiger partial charge is 0.311 e. The summed E-state index contributed by atoms with van der Waals surface area (Å²) in [5.74, 6) is -0.368. The van der Waals surface area contributed by atoms with E-state index in [1.54, 1.807) is 0 Å². The zero-order chi connectivity index (χ0) is 12.3.